The molecular formula is C27H22N2O3S. The quantitative estimate of drug-likeness (QED) is 0.327. The first-order chi connectivity index (χ1) is 16.1. The summed E-state index contributed by atoms with van der Waals surface area (Å²) in [5.41, 5.74) is 9.25. The standard InChI is InChI=1S/C27H22N2O3S/c1-17-23-14-22(12-13-25(23)33-26(17)27(28)30)31-15-18-6-10-21(11-7-18)32-16-20-9-8-19-4-2-3-5-24(19)29-20/h2-14H,15-16H2,1H3,(H2,28,30). The fourth-order valence-corrected chi connectivity index (χ4v) is 4.76. The van der Waals surface area contributed by atoms with Crippen LogP contribution in [0.3, 0.4) is 0 Å². The van der Waals surface area contributed by atoms with Crippen LogP contribution in [0.2, 0.25) is 0 Å². The Balaban J connectivity index is 1.21. The molecule has 0 aliphatic rings. The Bertz CT molecular complexity index is 1460. The molecule has 0 atom stereocenters. The lowest BCUT2D eigenvalue weighted by Gasteiger charge is -2.09. The van der Waals surface area contributed by atoms with Gasteiger partial charge < -0.3 is 15.2 Å². The summed E-state index contributed by atoms with van der Waals surface area (Å²) < 4.78 is 12.9. The average molecular weight is 455 g/mol. The molecule has 5 aromatic rings. The number of benzene rings is 3. The molecule has 2 heterocycles. The Hall–Kier alpha value is -3.90. The number of amides is 1. The Kier molecular flexibility index (Phi) is 5.67. The highest BCUT2D eigenvalue weighted by Crippen LogP contribution is 2.33. The number of hydrogen-bond donors (Lipinski definition) is 1. The number of rotatable bonds is 7. The van der Waals surface area contributed by atoms with Gasteiger partial charge in [0.2, 0.25) is 0 Å². The van der Waals surface area contributed by atoms with E-state index in [4.69, 9.17) is 15.2 Å². The van der Waals surface area contributed by atoms with Gasteiger partial charge in [-0.25, -0.2) is 4.98 Å². The minimum atomic E-state index is -0.394. The van der Waals surface area contributed by atoms with Crippen molar-refractivity contribution in [3.63, 3.8) is 0 Å². The number of para-hydroxylation sites is 1. The number of fused-ring (bicyclic) bond motifs is 2. The zero-order valence-electron chi connectivity index (χ0n) is 18.1. The number of hydrogen-bond acceptors (Lipinski definition) is 5. The molecule has 5 nitrogen and oxygen atoms in total. The van der Waals surface area contributed by atoms with Crippen molar-refractivity contribution in [3.8, 4) is 11.5 Å². The fraction of sp³-hybridized carbons (Fsp3) is 0.111. The van der Waals surface area contributed by atoms with Crippen LogP contribution in [0.4, 0.5) is 0 Å². The summed E-state index contributed by atoms with van der Waals surface area (Å²) in [5.74, 6) is 1.14. The smallest absolute Gasteiger partial charge is 0.259 e. The molecule has 0 saturated heterocycles. The minimum absolute atomic E-state index is 0.394. The first-order valence-electron chi connectivity index (χ1n) is 10.6. The van der Waals surface area contributed by atoms with Crippen LogP contribution in [-0.2, 0) is 13.2 Å². The molecule has 2 aromatic heterocycles. The lowest BCUT2D eigenvalue weighted by atomic mass is 10.1. The van der Waals surface area contributed by atoms with Crippen LogP contribution >= 0.6 is 11.3 Å². The second-order valence-electron chi connectivity index (χ2n) is 7.79. The molecule has 0 saturated carbocycles. The number of nitrogens with two attached hydrogens (primary N) is 1. The topological polar surface area (TPSA) is 74.4 Å². The van der Waals surface area contributed by atoms with Crippen molar-refractivity contribution in [2.45, 2.75) is 20.1 Å². The maximum atomic E-state index is 11.6. The summed E-state index contributed by atoms with van der Waals surface area (Å²) in [5, 5.41) is 2.12. The van der Waals surface area contributed by atoms with E-state index >= 15 is 0 Å². The number of thiophene rings is 1. The number of aromatic nitrogens is 1. The number of ether oxygens (including phenoxy) is 2. The first kappa shape index (κ1) is 21.0. The van der Waals surface area contributed by atoms with E-state index < -0.39 is 5.91 Å². The van der Waals surface area contributed by atoms with E-state index in [-0.39, 0.29) is 0 Å². The van der Waals surface area contributed by atoms with E-state index in [1.54, 1.807) is 0 Å². The number of carbonyl (C=O) groups is 1. The molecule has 5 rings (SSSR count). The van der Waals surface area contributed by atoms with E-state index in [0.29, 0.717) is 18.1 Å². The summed E-state index contributed by atoms with van der Waals surface area (Å²) in [7, 11) is 0. The Morgan fingerprint density at radius 2 is 1.67 bits per heavy atom. The SMILES string of the molecule is Cc1c(C(N)=O)sc2ccc(OCc3ccc(OCc4ccc5ccccc5n4)cc3)cc12. The fourth-order valence-electron chi connectivity index (χ4n) is 3.72. The van der Waals surface area contributed by atoms with Gasteiger partial charge in [0, 0.05) is 10.1 Å². The monoisotopic (exact) mass is 454 g/mol. The van der Waals surface area contributed by atoms with Crippen molar-refractivity contribution in [1.29, 1.82) is 0 Å². The lowest BCUT2D eigenvalue weighted by molar-refractivity contribution is 0.100. The van der Waals surface area contributed by atoms with Gasteiger partial charge in [-0.2, -0.15) is 0 Å². The zero-order chi connectivity index (χ0) is 22.8. The van der Waals surface area contributed by atoms with Crippen LogP contribution in [0, 0.1) is 6.92 Å². The highest BCUT2D eigenvalue weighted by atomic mass is 32.1. The van der Waals surface area contributed by atoms with Gasteiger partial charge in [0.1, 0.15) is 24.7 Å². The molecule has 2 N–H and O–H groups in total. The van der Waals surface area contributed by atoms with Gasteiger partial charge in [0.15, 0.2) is 0 Å². The van der Waals surface area contributed by atoms with Crippen LogP contribution in [0.5, 0.6) is 11.5 Å². The molecular weight excluding hydrogens is 432 g/mol. The molecule has 6 heteroatoms. The second-order valence-corrected chi connectivity index (χ2v) is 8.85. The highest BCUT2D eigenvalue weighted by molar-refractivity contribution is 7.21. The van der Waals surface area contributed by atoms with E-state index in [0.717, 1.165) is 49.3 Å². The van der Waals surface area contributed by atoms with E-state index in [2.05, 4.69) is 11.1 Å². The summed E-state index contributed by atoms with van der Waals surface area (Å²) in [6, 6.07) is 25.8. The van der Waals surface area contributed by atoms with Crippen LogP contribution in [-0.4, -0.2) is 10.9 Å². The second kappa shape index (κ2) is 8.92. The first-order valence-corrected chi connectivity index (χ1v) is 11.4. The van der Waals surface area contributed by atoms with Crippen LogP contribution in [0.1, 0.15) is 26.5 Å². The predicted octanol–water partition coefficient (Wildman–Crippen LogP) is 6.01. The van der Waals surface area contributed by atoms with Gasteiger partial charge in [-0.05, 0) is 65.9 Å². The largest absolute Gasteiger partial charge is 0.489 e. The van der Waals surface area contributed by atoms with Crippen molar-refractivity contribution < 1.29 is 14.3 Å². The van der Waals surface area contributed by atoms with E-state index in [1.165, 1.54) is 11.3 Å². The highest BCUT2D eigenvalue weighted by Gasteiger charge is 2.13. The van der Waals surface area contributed by atoms with Gasteiger partial charge in [-0.1, -0.05) is 36.4 Å². The third-order valence-electron chi connectivity index (χ3n) is 5.50. The van der Waals surface area contributed by atoms with Gasteiger partial charge in [-0.15, -0.1) is 11.3 Å². The number of pyridine rings is 1. The molecule has 0 radical (unpaired) electrons. The summed E-state index contributed by atoms with van der Waals surface area (Å²) in [6.45, 7) is 2.76. The Morgan fingerprint density at radius 1 is 0.909 bits per heavy atom. The van der Waals surface area contributed by atoms with Crippen molar-refractivity contribution in [3.05, 3.63) is 101 Å². The van der Waals surface area contributed by atoms with Crippen molar-refractivity contribution in [2.24, 2.45) is 5.73 Å². The minimum Gasteiger partial charge on any atom is -0.489 e. The molecule has 0 aliphatic carbocycles. The van der Waals surface area contributed by atoms with E-state index in [9.17, 15) is 4.79 Å². The molecule has 0 unspecified atom stereocenters. The number of aryl methyl sites for hydroxylation is 1. The third kappa shape index (κ3) is 4.52. The summed E-state index contributed by atoms with van der Waals surface area (Å²) in [6.07, 6.45) is 0. The molecule has 0 fully saturated rings. The van der Waals surface area contributed by atoms with Crippen molar-refractivity contribution >= 4 is 38.2 Å². The zero-order valence-corrected chi connectivity index (χ0v) is 18.9. The molecule has 0 spiro atoms. The number of carbonyl (C=O) groups excluding carboxylic acids is 1. The van der Waals surface area contributed by atoms with Crippen molar-refractivity contribution in [1.82, 2.24) is 4.98 Å². The molecule has 33 heavy (non-hydrogen) atoms. The van der Waals surface area contributed by atoms with Crippen LogP contribution < -0.4 is 15.2 Å². The van der Waals surface area contributed by atoms with E-state index in [1.807, 2.05) is 79.7 Å². The van der Waals surface area contributed by atoms with Crippen LogP contribution in [0.15, 0.2) is 78.9 Å². The average Bonchev–Trinajstić information content (AvgIpc) is 3.18. The van der Waals surface area contributed by atoms with Gasteiger partial charge in [0.25, 0.3) is 5.91 Å². The summed E-state index contributed by atoms with van der Waals surface area (Å²) >= 11 is 1.41. The predicted molar refractivity (Wildman–Crippen MR) is 132 cm³/mol. The number of primary amides is 1. The van der Waals surface area contributed by atoms with Crippen molar-refractivity contribution in [2.75, 3.05) is 0 Å². The Labute approximate surface area is 195 Å². The Morgan fingerprint density at radius 3 is 2.48 bits per heavy atom. The third-order valence-corrected chi connectivity index (χ3v) is 6.79. The molecule has 3 aromatic carbocycles. The van der Waals surface area contributed by atoms with Gasteiger partial charge in [-0.3, -0.25) is 4.79 Å². The van der Waals surface area contributed by atoms with Crippen LogP contribution in [0.25, 0.3) is 21.0 Å². The lowest BCUT2D eigenvalue weighted by Crippen LogP contribution is -2.09. The maximum Gasteiger partial charge on any atom is 0.259 e. The molecule has 0 bridgehead atoms. The number of nitrogens with zero attached hydrogens (tertiary/aromatic N) is 1. The van der Waals surface area contributed by atoms with Gasteiger partial charge in [0.05, 0.1) is 16.1 Å². The molecule has 164 valence electrons. The molecule has 0 aliphatic heterocycles. The molecule has 1 amide bonds. The van der Waals surface area contributed by atoms with Gasteiger partial charge >= 0.3 is 0 Å². The maximum absolute atomic E-state index is 11.6. The summed E-state index contributed by atoms with van der Waals surface area (Å²) in [4.78, 5) is 16.8. The normalized spacial score (nSPS) is 11.1.